The number of hydrogen-bond donors (Lipinski definition) is 3. The first kappa shape index (κ1) is 14.7. The van der Waals surface area contributed by atoms with Crippen LogP contribution in [-0.2, 0) is 4.79 Å². The average molecular weight is 279 g/mol. The van der Waals surface area contributed by atoms with Crippen LogP contribution in [0, 0.1) is 5.92 Å². The number of hydrogen-bond acceptors (Lipinski definition) is 4. The van der Waals surface area contributed by atoms with E-state index in [2.05, 4.69) is 10.3 Å². The number of carbonyl (C=O) groups excluding carboxylic acids is 2. The zero-order valence-corrected chi connectivity index (χ0v) is 11.6. The van der Waals surface area contributed by atoms with Crippen molar-refractivity contribution >= 4 is 11.8 Å². The van der Waals surface area contributed by atoms with E-state index in [0.29, 0.717) is 11.6 Å². The highest BCUT2D eigenvalue weighted by Gasteiger charge is 2.24. The van der Waals surface area contributed by atoms with Gasteiger partial charge in [-0.25, -0.2) is 0 Å². The van der Waals surface area contributed by atoms with Crippen LogP contribution in [0.3, 0.4) is 0 Å². The number of nitrogens with zero attached hydrogens (tertiary/aromatic N) is 1. The molecule has 6 heteroatoms. The Bertz CT molecular complexity index is 448. The lowest BCUT2D eigenvalue weighted by atomic mass is 9.92. The fourth-order valence-corrected chi connectivity index (χ4v) is 2.50. The van der Waals surface area contributed by atoms with E-state index in [9.17, 15) is 14.7 Å². The molecule has 1 aliphatic heterocycles. The number of aromatic nitrogens is 1. The van der Waals surface area contributed by atoms with Crippen LogP contribution in [0.4, 0.5) is 0 Å². The van der Waals surface area contributed by atoms with Crippen LogP contribution in [0.15, 0.2) is 18.3 Å². The summed E-state index contributed by atoms with van der Waals surface area (Å²) in [6.45, 7) is 3.58. The lowest BCUT2D eigenvalue weighted by Crippen LogP contribution is -2.44. The van der Waals surface area contributed by atoms with Gasteiger partial charge in [-0.2, -0.15) is 0 Å². The van der Waals surface area contributed by atoms with Gasteiger partial charge in [-0.15, -0.1) is 0 Å². The quantitative estimate of drug-likeness (QED) is 0.743. The van der Waals surface area contributed by atoms with E-state index in [1.165, 1.54) is 0 Å². The summed E-state index contributed by atoms with van der Waals surface area (Å²) in [5.74, 6) is -0.381. The Labute approximate surface area is 118 Å². The highest BCUT2D eigenvalue weighted by atomic mass is 16.3. The van der Waals surface area contributed by atoms with Gasteiger partial charge in [0.1, 0.15) is 5.69 Å². The summed E-state index contributed by atoms with van der Waals surface area (Å²) < 4.78 is 0. The number of aliphatic hydroxyl groups excluding tert-OH is 1. The predicted octanol–water partition coefficient (Wildman–Crippen LogP) is 0.364. The first-order chi connectivity index (χ1) is 9.56. The molecule has 1 aliphatic rings. The molecular formula is C14H21N3O3. The molecule has 0 aromatic carbocycles. The number of aliphatic hydroxyl groups is 1. The molecule has 2 amide bonds. The molecule has 1 fully saturated rings. The number of nitrogens with one attached hydrogen (secondary N) is 2. The topological polar surface area (TPSA) is 85.4 Å². The van der Waals surface area contributed by atoms with Crippen LogP contribution >= 0.6 is 0 Å². The summed E-state index contributed by atoms with van der Waals surface area (Å²) in [4.78, 5) is 28.2. The molecule has 2 heterocycles. The van der Waals surface area contributed by atoms with Crippen molar-refractivity contribution in [3.63, 3.8) is 0 Å². The first-order valence-corrected chi connectivity index (χ1v) is 6.94. The van der Waals surface area contributed by atoms with E-state index >= 15 is 0 Å². The minimum Gasteiger partial charge on any atom is -0.393 e. The van der Waals surface area contributed by atoms with E-state index in [-0.39, 0.29) is 18.6 Å². The van der Waals surface area contributed by atoms with Crippen molar-refractivity contribution in [2.24, 2.45) is 5.92 Å². The molecule has 0 saturated carbocycles. The SMILES string of the molecule is CC(O)C1CCN(CC(=O)NC(=O)c2ccc[nH]2)CC1. The minimum absolute atomic E-state index is 0.221. The highest BCUT2D eigenvalue weighted by molar-refractivity contribution is 6.04. The maximum Gasteiger partial charge on any atom is 0.274 e. The number of aromatic amines is 1. The maximum atomic E-state index is 11.8. The number of piperidine rings is 1. The zero-order valence-electron chi connectivity index (χ0n) is 11.6. The monoisotopic (exact) mass is 279 g/mol. The van der Waals surface area contributed by atoms with Crippen LogP contribution in [-0.4, -0.2) is 52.5 Å². The van der Waals surface area contributed by atoms with Gasteiger partial charge in [0.2, 0.25) is 5.91 Å². The molecule has 1 unspecified atom stereocenters. The van der Waals surface area contributed by atoms with Gasteiger partial charge in [-0.3, -0.25) is 19.8 Å². The van der Waals surface area contributed by atoms with Crippen LogP contribution in [0.25, 0.3) is 0 Å². The van der Waals surface area contributed by atoms with E-state index in [0.717, 1.165) is 25.9 Å². The molecule has 1 aromatic heterocycles. The van der Waals surface area contributed by atoms with Crippen molar-refractivity contribution in [3.8, 4) is 0 Å². The summed E-state index contributed by atoms with van der Waals surface area (Å²) in [7, 11) is 0. The fourth-order valence-electron chi connectivity index (χ4n) is 2.50. The lowest BCUT2D eigenvalue weighted by molar-refractivity contribution is -0.121. The number of rotatable bonds is 4. The van der Waals surface area contributed by atoms with E-state index < -0.39 is 5.91 Å². The lowest BCUT2D eigenvalue weighted by Gasteiger charge is -2.32. The summed E-state index contributed by atoms with van der Waals surface area (Å²) in [6.07, 6.45) is 3.12. The molecule has 6 nitrogen and oxygen atoms in total. The molecule has 20 heavy (non-hydrogen) atoms. The van der Waals surface area contributed by atoms with Crippen LogP contribution in [0.5, 0.6) is 0 Å². The molecule has 0 aliphatic carbocycles. The standard InChI is InChI=1S/C14H21N3O3/c1-10(18)11-4-7-17(8-5-11)9-13(19)16-14(20)12-3-2-6-15-12/h2-3,6,10-11,15,18H,4-5,7-9H2,1H3,(H,16,19,20). The van der Waals surface area contributed by atoms with Crippen molar-refractivity contribution in [1.82, 2.24) is 15.2 Å². The summed E-state index contributed by atoms with van der Waals surface area (Å²) in [5.41, 5.74) is 0.381. The van der Waals surface area contributed by atoms with Gasteiger partial charge in [-0.1, -0.05) is 0 Å². The maximum absolute atomic E-state index is 11.8. The third kappa shape index (κ3) is 3.91. The average Bonchev–Trinajstić information content (AvgIpc) is 2.93. The van der Waals surface area contributed by atoms with Crippen molar-refractivity contribution in [1.29, 1.82) is 0 Å². The Hall–Kier alpha value is -1.66. The Kier molecular flexibility index (Phi) is 4.92. The highest BCUT2D eigenvalue weighted by Crippen LogP contribution is 2.20. The Morgan fingerprint density at radius 2 is 2.20 bits per heavy atom. The van der Waals surface area contributed by atoms with E-state index in [1.807, 2.05) is 11.8 Å². The fraction of sp³-hybridized carbons (Fsp3) is 0.571. The van der Waals surface area contributed by atoms with Gasteiger partial charge in [0.05, 0.1) is 12.6 Å². The van der Waals surface area contributed by atoms with Crippen molar-refractivity contribution < 1.29 is 14.7 Å². The van der Waals surface area contributed by atoms with E-state index in [4.69, 9.17) is 0 Å². The Balaban J connectivity index is 1.74. The van der Waals surface area contributed by atoms with E-state index in [1.54, 1.807) is 18.3 Å². The molecule has 1 atom stereocenters. The molecule has 0 bridgehead atoms. The van der Waals surface area contributed by atoms with Gasteiger partial charge in [-0.05, 0) is 50.9 Å². The number of imide groups is 1. The molecule has 0 radical (unpaired) electrons. The van der Waals surface area contributed by atoms with Gasteiger partial charge in [0.25, 0.3) is 5.91 Å². The van der Waals surface area contributed by atoms with Gasteiger partial charge < -0.3 is 10.1 Å². The predicted molar refractivity (Wildman–Crippen MR) is 74.1 cm³/mol. The molecule has 1 aromatic rings. The molecule has 1 saturated heterocycles. The van der Waals surface area contributed by atoms with Crippen molar-refractivity contribution in [2.75, 3.05) is 19.6 Å². The largest absolute Gasteiger partial charge is 0.393 e. The molecular weight excluding hydrogens is 258 g/mol. The second-order valence-electron chi connectivity index (χ2n) is 5.32. The van der Waals surface area contributed by atoms with Gasteiger partial charge >= 0.3 is 0 Å². The molecule has 0 spiro atoms. The molecule has 3 N–H and O–H groups in total. The summed E-state index contributed by atoms with van der Waals surface area (Å²) in [5, 5.41) is 11.9. The Morgan fingerprint density at radius 3 is 2.75 bits per heavy atom. The van der Waals surface area contributed by atoms with Gasteiger partial charge in [0, 0.05) is 6.20 Å². The zero-order chi connectivity index (χ0) is 14.5. The van der Waals surface area contributed by atoms with Crippen LogP contribution in [0.1, 0.15) is 30.3 Å². The second kappa shape index (κ2) is 6.67. The number of H-pyrrole nitrogens is 1. The van der Waals surface area contributed by atoms with Crippen molar-refractivity contribution in [2.45, 2.75) is 25.9 Å². The molecule has 2 rings (SSSR count). The normalized spacial score (nSPS) is 18.7. The number of amides is 2. The third-order valence-corrected chi connectivity index (χ3v) is 3.78. The number of likely N-dealkylation sites (tertiary alicyclic amines) is 1. The number of carbonyl (C=O) groups is 2. The summed E-state index contributed by atoms with van der Waals surface area (Å²) in [6, 6.07) is 3.33. The van der Waals surface area contributed by atoms with Gasteiger partial charge in [0.15, 0.2) is 0 Å². The minimum atomic E-state index is -0.404. The summed E-state index contributed by atoms with van der Waals surface area (Å²) >= 11 is 0. The Morgan fingerprint density at radius 1 is 1.50 bits per heavy atom. The van der Waals surface area contributed by atoms with Crippen LogP contribution < -0.4 is 5.32 Å². The third-order valence-electron chi connectivity index (χ3n) is 3.78. The smallest absolute Gasteiger partial charge is 0.274 e. The second-order valence-corrected chi connectivity index (χ2v) is 5.32. The molecule has 110 valence electrons. The van der Waals surface area contributed by atoms with Crippen LogP contribution in [0.2, 0.25) is 0 Å². The van der Waals surface area contributed by atoms with Crippen molar-refractivity contribution in [3.05, 3.63) is 24.0 Å². The first-order valence-electron chi connectivity index (χ1n) is 6.94.